The Morgan fingerprint density at radius 3 is 2.58 bits per heavy atom. The molecule has 1 amide bonds. The quantitative estimate of drug-likeness (QED) is 0.722. The molecule has 3 rings (SSSR count). The normalized spacial score (nSPS) is 21.0. The molecule has 142 valence electrons. The van der Waals surface area contributed by atoms with E-state index in [2.05, 4.69) is 6.07 Å². The van der Waals surface area contributed by atoms with Gasteiger partial charge in [-0.25, -0.2) is 0 Å². The van der Waals surface area contributed by atoms with Crippen molar-refractivity contribution in [2.24, 2.45) is 5.41 Å². The zero-order valence-corrected chi connectivity index (χ0v) is 15.7. The van der Waals surface area contributed by atoms with Gasteiger partial charge in [-0.15, -0.1) is 0 Å². The molecular formula is C21H29NO4. The smallest absolute Gasteiger partial charge is 0.312 e. The summed E-state index contributed by atoms with van der Waals surface area (Å²) >= 11 is 0. The Morgan fingerprint density at radius 2 is 1.81 bits per heavy atom. The van der Waals surface area contributed by atoms with Crippen LogP contribution in [0.25, 0.3) is 0 Å². The predicted molar refractivity (Wildman–Crippen MR) is 99.0 cm³/mol. The Bertz CT molecular complexity index is 635. The topological polar surface area (TPSA) is 55.8 Å². The lowest BCUT2D eigenvalue weighted by molar-refractivity contribution is -0.162. The number of para-hydroxylation sites is 1. The van der Waals surface area contributed by atoms with Crippen LogP contribution in [0, 0.1) is 5.41 Å². The van der Waals surface area contributed by atoms with Crippen LogP contribution in [0.4, 0.5) is 0 Å². The summed E-state index contributed by atoms with van der Waals surface area (Å²) in [7, 11) is 0. The Labute approximate surface area is 155 Å². The largest absolute Gasteiger partial charge is 0.490 e. The van der Waals surface area contributed by atoms with Gasteiger partial charge >= 0.3 is 5.97 Å². The van der Waals surface area contributed by atoms with Gasteiger partial charge in [-0.3, -0.25) is 9.59 Å². The van der Waals surface area contributed by atoms with E-state index in [9.17, 15) is 9.59 Å². The minimum absolute atomic E-state index is 0.112. The van der Waals surface area contributed by atoms with Crippen LogP contribution >= 0.6 is 0 Å². The van der Waals surface area contributed by atoms with Gasteiger partial charge in [-0.1, -0.05) is 31.5 Å². The number of likely N-dealkylation sites (tertiary alicyclic amines) is 1. The number of hydrogen-bond acceptors (Lipinski definition) is 4. The fourth-order valence-corrected chi connectivity index (χ4v) is 4.03. The molecule has 1 fully saturated rings. The first kappa shape index (κ1) is 18.7. The van der Waals surface area contributed by atoms with Crippen molar-refractivity contribution >= 4 is 11.9 Å². The number of nitrogens with zero attached hydrogens (tertiary/aromatic N) is 1. The van der Waals surface area contributed by atoms with Crippen molar-refractivity contribution in [3.8, 4) is 5.75 Å². The molecule has 1 aromatic rings. The minimum Gasteiger partial charge on any atom is -0.490 e. The molecule has 5 nitrogen and oxygen atoms in total. The van der Waals surface area contributed by atoms with Crippen LogP contribution < -0.4 is 4.74 Å². The maximum atomic E-state index is 12.8. The summed E-state index contributed by atoms with van der Waals surface area (Å²) in [5.74, 6) is 0.954. The Hall–Kier alpha value is -2.04. The number of fused-ring (bicyclic) bond motifs is 1. The summed E-state index contributed by atoms with van der Waals surface area (Å²) in [5.41, 5.74) is 0.778. The summed E-state index contributed by atoms with van der Waals surface area (Å²) in [6.45, 7) is 3.84. The summed E-state index contributed by atoms with van der Waals surface area (Å²) in [5, 5.41) is 0. The van der Waals surface area contributed by atoms with Crippen molar-refractivity contribution in [2.75, 3.05) is 26.3 Å². The summed E-state index contributed by atoms with van der Waals surface area (Å²) in [4.78, 5) is 26.6. The number of ether oxygens (including phenoxy) is 2. The van der Waals surface area contributed by atoms with Crippen molar-refractivity contribution in [2.45, 2.75) is 51.9 Å². The number of amides is 1. The van der Waals surface area contributed by atoms with E-state index >= 15 is 0 Å². The van der Waals surface area contributed by atoms with Gasteiger partial charge in [0.05, 0.1) is 5.41 Å². The fraction of sp³-hybridized carbons (Fsp3) is 0.619. The molecule has 0 aliphatic carbocycles. The van der Waals surface area contributed by atoms with E-state index in [1.54, 1.807) is 0 Å². The van der Waals surface area contributed by atoms with Gasteiger partial charge in [0.2, 0.25) is 5.91 Å². The van der Waals surface area contributed by atoms with E-state index < -0.39 is 5.41 Å². The highest BCUT2D eigenvalue weighted by molar-refractivity contribution is 5.79. The second kappa shape index (κ2) is 8.56. The third kappa shape index (κ3) is 4.19. The van der Waals surface area contributed by atoms with Crippen molar-refractivity contribution < 1.29 is 19.1 Å². The molecule has 26 heavy (non-hydrogen) atoms. The monoisotopic (exact) mass is 359 g/mol. The number of rotatable bonds is 1. The number of carbonyl (C=O) groups excluding carboxylic acids is 2. The van der Waals surface area contributed by atoms with Crippen molar-refractivity contribution in [3.63, 3.8) is 0 Å². The molecule has 0 unspecified atom stereocenters. The van der Waals surface area contributed by atoms with E-state index in [0.29, 0.717) is 39.0 Å². The molecule has 2 heterocycles. The second-order valence-corrected chi connectivity index (χ2v) is 7.31. The highest BCUT2D eigenvalue weighted by Gasteiger charge is 2.42. The fourth-order valence-electron chi connectivity index (χ4n) is 4.03. The lowest BCUT2D eigenvalue weighted by Crippen LogP contribution is -2.47. The maximum absolute atomic E-state index is 12.8. The van der Waals surface area contributed by atoms with E-state index in [4.69, 9.17) is 9.47 Å². The van der Waals surface area contributed by atoms with Crippen LogP contribution in [0.1, 0.15) is 51.0 Å². The van der Waals surface area contributed by atoms with Gasteiger partial charge < -0.3 is 14.4 Å². The third-order valence-corrected chi connectivity index (χ3v) is 5.71. The highest BCUT2D eigenvalue weighted by atomic mass is 16.6. The molecule has 0 N–H and O–H groups in total. The first-order valence-electron chi connectivity index (χ1n) is 9.80. The van der Waals surface area contributed by atoms with Gasteiger partial charge in [0.15, 0.2) is 0 Å². The molecule has 2 aliphatic heterocycles. The van der Waals surface area contributed by atoms with E-state index in [-0.39, 0.29) is 18.5 Å². The molecular weight excluding hydrogens is 330 g/mol. The average molecular weight is 359 g/mol. The van der Waals surface area contributed by atoms with Gasteiger partial charge in [-0.05, 0) is 43.7 Å². The van der Waals surface area contributed by atoms with Gasteiger partial charge in [-0.2, -0.15) is 0 Å². The number of esters is 1. The van der Waals surface area contributed by atoms with Crippen LogP contribution in [0.15, 0.2) is 24.3 Å². The molecule has 2 aliphatic rings. The number of carbonyl (C=O) groups is 2. The molecule has 5 heteroatoms. The third-order valence-electron chi connectivity index (χ3n) is 5.71. The molecule has 0 atom stereocenters. The molecule has 0 bridgehead atoms. The van der Waals surface area contributed by atoms with Crippen molar-refractivity contribution in [1.82, 2.24) is 4.90 Å². The molecule has 0 aromatic heterocycles. The van der Waals surface area contributed by atoms with Crippen LogP contribution in [0.2, 0.25) is 0 Å². The van der Waals surface area contributed by atoms with Gasteiger partial charge in [0.25, 0.3) is 0 Å². The summed E-state index contributed by atoms with van der Waals surface area (Å²) in [6, 6.07) is 8.09. The van der Waals surface area contributed by atoms with Gasteiger partial charge in [0, 0.05) is 19.5 Å². The number of benzene rings is 1. The molecule has 1 spiro atoms. The summed E-state index contributed by atoms with van der Waals surface area (Å²) in [6.07, 6.45) is 5.72. The van der Waals surface area contributed by atoms with E-state index in [1.165, 1.54) is 5.56 Å². The standard InChI is InChI=1S/C21H29NO4/c1-2-19(23)22-13-11-21(12-14-22)10-6-5-8-17-7-3-4-9-18(17)25-15-16-26-20(21)24/h3-4,7,9H,2,5-6,8,10-16H2,1H3. The van der Waals surface area contributed by atoms with E-state index in [0.717, 1.165) is 31.4 Å². The Kier molecular flexibility index (Phi) is 6.17. The molecule has 0 saturated carbocycles. The average Bonchev–Trinajstić information content (AvgIpc) is 2.68. The maximum Gasteiger partial charge on any atom is 0.312 e. The van der Waals surface area contributed by atoms with Crippen LogP contribution in [-0.4, -0.2) is 43.1 Å². The first-order valence-corrected chi connectivity index (χ1v) is 9.80. The highest BCUT2D eigenvalue weighted by Crippen LogP contribution is 2.38. The number of aryl methyl sites for hydroxylation is 1. The number of piperidine rings is 1. The van der Waals surface area contributed by atoms with E-state index in [1.807, 2.05) is 30.0 Å². The van der Waals surface area contributed by atoms with Crippen molar-refractivity contribution in [3.05, 3.63) is 29.8 Å². The van der Waals surface area contributed by atoms with Crippen LogP contribution in [0.5, 0.6) is 5.75 Å². The summed E-state index contributed by atoms with van der Waals surface area (Å²) < 4.78 is 11.4. The molecule has 1 aromatic carbocycles. The number of hydrogen-bond donors (Lipinski definition) is 0. The zero-order chi connectivity index (χ0) is 18.4. The zero-order valence-electron chi connectivity index (χ0n) is 15.7. The van der Waals surface area contributed by atoms with Gasteiger partial charge in [0.1, 0.15) is 19.0 Å². The second-order valence-electron chi connectivity index (χ2n) is 7.31. The van der Waals surface area contributed by atoms with Crippen LogP contribution in [0.3, 0.4) is 0 Å². The lowest BCUT2D eigenvalue weighted by Gasteiger charge is -2.40. The predicted octanol–water partition coefficient (Wildman–Crippen LogP) is 3.35. The Morgan fingerprint density at radius 1 is 1.08 bits per heavy atom. The molecule has 1 saturated heterocycles. The SMILES string of the molecule is CCC(=O)N1CCC2(CCCCc3ccccc3OCCOC2=O)CC1. The molecule has 0 radical (unpaired) electrons. The van der Waals surface area contributed by atoms with Crippen molar-refractivity contribution in [1.29, 1.82) is 0 Å². The lowest BCUT2D eigenvalue weighted by atomic mass is 9.74. The van der Waals surface area contributed by atoms with Crippen LogP contribution in [-0.2, 0) is 20.7 Å². The first-order chi connectivity index (χ1) is 12.6. The Balaban J connectivity index is 1.67. The minimum atomic E-state index is -0.441. The number of cyclic esters (lactones) is 1.